The first-order valence-electron chi connectivity index (χ1n) is 5.32. The zero-order valence-electron chi connectivity index (χ0n) is 9.71. The Kier molecular flexibility index (Phi) is 5.08. The highest BCUT2D eigenvalue weighted by molar-refractivity contribution is 9.10. The fourth-order valence-corrected chi connectivity index (χ4v) is 1.69. The first-order chi connectivity index (χ1) is 7.95. The number of aliphatic hydroxyl groups excluding tert-OH is 1. The number of benzene rings is 1. The van der Waals surface area contributed by atoms with Gasteiger partial charge in [0.05, 0.1) is 17.1 Å². The van der Waals surface area contributed by atoms with E-state index in [4.69, 9.17) is 5.11 Å². The maximum Gasteiger partial charge on any atom is 0.251 e. The van der Waals surface area contributed by atoms with E-state index in [1.165, 1.54) is 18.2 Å². The second-order valence-electron chi connectivity index (χ2n) is 4.14. The number of hydrogen-bond donors (Lipinski definition) is 2. The molecule has 0 aromatic heterocycles. The summed E-state index contributed by atoms with van der Waals surface area (Å²) in [6.45, 7) is 3.69. The summed E-state index contributed by atoms with van der Waals surface area (Å²) >= 11 is 3.02. The van der Waals surface area contributed by atoms with E-state index < -0.39 is 5.82 Å². The van der Waals surface area contributed by atoms with Gasteiger partial charge < -0.3 is 10.4 Å². The molecule has 1 amide bonds. The molecule has 1 atom stereocenters. The van der Waals surface area contributed by atoms with Gasteiger partial charge in [-0.15, -0.1) is 0 Å². The molecule has 5 heteroatoms. The van der Waals surface area contributed by atoms with Gasteiger partial charge in [-0.1, -0.05) is 13.8 Å². The molecule has 0 aliphatic carbocycles. The molecule has 1 aromatic carbocycles. The third kappa shape index (κ3) is 3.78. The lowest BCUT2D eigenvalue weighted by atomic mass is 10.0. The molecule has 1 rings (SSSR count). The molecule has 3 nitrogen and oxygen atoms in total. The van der Waals surface area contributed by atoms with Crippen LogP contribution in [0.25, 0.3) is 0 Å². The lowest BCUT2D eigenvalue weighted by Crippen LogP contribution is -2.41. The molecular formula is C12H15BrFNO2. The van der Waals surface area contributed by atoms with E-state index in [1.807, 2.05) is 13.8 Å². The normalized spacial score (nSPS) is 12.6. The number of rotatable bonds is 4. The molecule has 0 saturated carbocycles. The van der Waals surface area contributed by atoms with E-state index in [1.54, 1.807) is 0 Å². The standard InChI is InChI=1S/C12H15BrFNO2/c1-7(2)11(6-16)15-12(17)8-3-4-10(14)9(13)5-8/h3-5,7,11,16H,6H2,1-2H3,(H,15,17). The number of carbonyl (C=O) groups is 1. The Hall–Kier alpha value is -0.940. The largest absolute Gasteiger partial charge is 0.394 e. The van der Waals surface area contributed by atoms with Crippen molar-refractivity contribution in [3.8, 4) is 0 Å². The van der Waals surface area contributed by atoms with Gasteiger partial charge in [0.2, 0.25) is 0 Å². The highest BCUT2D eigenvalue weighted by Crippen LogP contribution is 2.17. The number of nitrogens with one attached hydrogen (secondary N) is 1. The van der Waals surface area contributed by atoms with Crippen molar-refractivity contribution in [2.75, 3.05) is 6.61 Å². The van der Waals surface area contributed by atoms with Crippen LogP contribution < -0.4 is 5.32 Å². The number of hydrogen-bond acceptors (Lipinski definition) is 2. The Balaban J connectivity index is 2.79. The molecule has 0 heterocycles. The van der Waals surface area contributed by atoms with Gasteiger partial charge in [0.25, 0.3) is 5.91 Å². The molecule has 0 fully saturated rings. The molecular weight excluding hydrogens is 289 g/mol. The van der Waals surface area contributed by atoms with Gasteiger partial charge in [0.1, 0.15) is 5.82 Å². The molecule has 0 bridgehead atoms. The van der Waals surface area contributed by atoms with Gasteiger partial charge in [-0.25, -0.2) is 4.39 Å². The first kappa shape index (κ1) is 14.1. The Labute approximate surface area is 108 Å². The lowest BCUT2D eigenvalue weighted by Gasteiger charge is -2.19. The summed E-state index contributed by atoms with van der Waals surface area (Å²) in [4.78, 5) is 11.8. The Morgan fingerprint density at radius 2 is 2.18 bits per heavy atom. The van der Waals surface area contributed by atoms with E-state index in [0.29, 0.717) is 5.56 Å². The molecule has 0 aliphatic rings. The van der Waals surface area contributed by atoms with Crippen molar-refractivity contribution >= 4 is 21.8 Å². The zero-order valence-corrected chi connectivity index (χ0v) is 11.3. The molecule has 1 unspecified atom stereocenters. The van der Waals surface area contributed by atoms with Crippen molar-refractivity contribution in [1.29, 1.82) is 0 Å². The van der Waals surface area contributed by atoms with Crippen LogP contribution in [-0.4, -0.2) is 23.7 Å². The van der Waals surface area contributed by atoms with Crippen molar-refractivity contribution in [3.05, 3.63) is 34.1 Å². The van der Waals surface area contributed by atoms with Gasteiger partial charge in [0.15, 0.2) is 0 Å². The molecule has 1 aromatic rings. The van der Waals surface area contributed by atoms with Crippen LogP contribution in [-0.2, 0) is 0 Å². The second kappa shape index (κ2) is 6.12. The van der Waals surface area contributed by atoms with Crippen LogP contribution in [0.2, 0.25) is 0 Å². The highest BCUT2D eigenvalue weighted by Gasteiger charge is 2.16. The predicted octanol–water partition coefficient (Wildman–Crippen LogP) is 2.33. The maximum absolute atomic E-state index is 13.0. The smallest absolute Gasteiger partial charge is 0.251 e. The van der Waals surface area contributed by atoms with Crippen molar-refractivity contribution in [1.82, 2.24) is 5.32 Å². The number of carbonyl (C=O) groups excluding carboxylic acids is 1. The van der Waals surface area contributed by atoms with Crippen LogP contribution in [0.4, 0.5) is 4.39 Å². The third-order valence-corrected chi connectivity index (χ3v) is 3.11. The molecule has 0 saturated heterocycles. The van der Waals surface area contributed by atoms with Crippen LogP contribution in [0.5, 0.6) is 0 Å². The fraction of sp³-hybridized carbons (Fsp3) is 0.417. The van der Waals surface area contributed by atoms with Gasteiger partial charge in [0, 0.05) is 5.56 Å². The molecule has 0 radical (unpaired) electrons. The van der Waals surface area contributed by atoms with Crippen molar-refractivity contribution < 1.29 is 14.3 Å². The van der Waals surface area contributed by atoms with Crippen molar-refractivity contribution in [3.63, 3.8) is 0 Å². The van der Waals surface area contributed by atoms with E-state index in [9.17, 15) is 9.18 Å². The number of aliphatic hydroxyl groups is 1. The van der Waals surface area contributed by atoms with Gasteiger partial charge in [-0.3, -0.25) is 4.79 Å². The number of amides is 1. The van der Waals surface area contributed by atoms with E-state index >= 15 is 0 Å². The van der Waals surface area contributed by atoms with Crippen LogP contribution in [0.15, 0.2) is 22.7 Å². The van der Waals surface area contributed by atoms with E-state index in [0.717, 1.165) is 0 Å². The lowest BCUT2D eigenvalue weighted by molar-refractivity contribution is 0.0896. The molecule has 0 spiro atoms. The van der Waals surface area contributed by atoms with Crippen LogP contribution in [0.3, 0.4) is 0 Å². The van der Waals surface area contributed by atoms with Crippen LogP contribution in [0.1, 0.15) is 24.2 Å². The third-order valence-electron chi connectivity index (χ3n) is 2.50. The minimum absolute atomic E-state index is 0.119. The summed E-state index contributed by atoms with van der Waals surface area (Å²) in [7, 11) is 0. The Morgan fingerprint density at radius 3 is 2.65 bits per heavy atom. The first-order valence-corrected chi connectivity index (χ1v) is 6.11. The average Bonchev–Trinajstić information content (AvgIpc) is 2.28. The van der Waals surface area contributed by atoms with E-state index in [2.05, 4.69) is 21.2 Å². The minimum Gasteiger partial charge on any atom is -0.394 e. The Morgan fingerprint density at radius 1 is 1.53 bits per heavy atom. The van der Waals surface area contributed by atoms with Crippen molar-refractivity contribution in [2.45, 2.75) is 19.9 Å². The fourth-order valence-electron chi connectivity index (χ4n) is 1.31. The molecule has 17 heavy (non-hydrogen) atoms. The zero-order chi connectivity index (χ0) is 13.0. The van der Waals surface area contributed by atoms with Gasteiger partial charge in [-0.2, -0.15) is 0 Å². The van der Waals surface area contributed by atoms with Crippen LogP contribution in [0, 0.1) is 11.7 Å². The summed E-state index contributed by atoms with van der Waals surface area (Å²) < 4.78 is 13.2. The minimum atomic E-state index is -0.413. The molecule has 0 aliphatic heterocycles. The molecule has 94 valence electrons. The SMILES string of the molecule is CC(C)C(CO)NC(=O)c1ccc(F)c(Br)c1. The topological polar surface area (TPSA) is 49.3 Å². The summed E-state index contributed by atoms with van der Waals surface area (Å²) in [5, 5.41) is 11.8. The monoisotopic (exact) mass is 303 g/mol. The number of halogens is 2. The summed E-state index contributed by atoms with van der Waals surface area (Å²) in [5.41, 5.74) is 0.359. The van der Waals surface area contributed by atoms with Crippen molar-refractivity contribution in [2.24, 2.45) is 5.92 Å². The Bertz CT molecular complexity index is 409. The maximum atomic E-state index is 13.0. The molecule has 2 N–H and O–H groups in total. The second-order valence-corrected chi connectivity index (χ2v) is 4.99. The summed E-state index contributed by atoms with van der Waals surface area (Å²) in [6.07, 6.45) is 0. The van der Waals surface area contributed by atoms with E-state index in [-0.39, 0.29) is 28.9 Å². The van der Waals surface area contributed by atoms with Gasteiger partial charge >= 0.3 is 0 Å². The average molecular weight is 304 g/mol. The van der Waals surface area contributed by atoms with Crippen LogP contribution >= 0.6 is 15.9 Å². The van der Waals surface area contributed by atoms with Gasteiger partial charge in [-0.05, 0) is 40.0 Å². The summed E-state index contributed by atoms with van der Waals surface area (Å²) in [5.74, 6) is -0.601. The highest BCUT2D eigenvalue weighted by atomic mass is 79.9. The predicted molar refractivity (Wildman–Crippen MR) is 67.3 cm³/mol. The quantitative estimate of drug-likeness (QED) is 0.897. The summed E-state index contributed by atoms with van der Waals surface area (Å²) in [6, 6.07) is 3.75.